The fourth-order valence-corrected chi connectivity index (χ4v) is 11.6. The van der Waals surface area contributed by atoms with Gasteiger partial charge in [-0.1, -0.05) is 379 Å². The minimum Gasteiger partial charge on any atom is -0.462 e. The summed E-state index contributed by atoms with van der Waals surface area (Å²) in [5, 5.41) is 0. The molecule has 0 aromatic rings. The van der Waals surface area contributed by atoms with Crippen molar-refractivity contribution in [3.8, 4) is 0 Å². The van der Waals surface area contributed by atoms with E-state index in [4.69, 9.17) is 14.2 Å². The molecule has 0 bridgehead atoms. The first kappa shape index (κ1) is 79.9. The Labute approximate surface area is 513 Å². The van der Waals surface area contributed by atoms with Gasteiger partial charge in [-0.3, -0.25) is 14.4 Å². The Morgan fingerprint density at radius 1 is 0.244 bits per heavy atom. The van der Waals surface area contributed by atoms with E-state index in [0.717, 1.165) is 64.2 Å². The summed E-state index contributed by atoms with van der Waals surface area (Å²) in [5.41, 5.74) is 0. The molecule has 0 aromatic carbocycles. The normalized spacial score (nSPS) is 12.1. The summed E-state index contributed by atoms with van der Waals surface area (Å²) in [6.45, 7) is 6.71. The van der Waals surface area contributed by atoms with E-state index in [0.29, 0.717) is 19.3 Å². The number of esters is 3. The van der Waals surface area contributed by atoms with Crippen LogP contribution in [0.5, 0.6) is 0 Å². The Morgan fingerprint density at radius 2 is 0.439 bits per heavy atom. The van der Waals surface area contributed by atoms with Gasteiger partial charge < -0.3 is 14.2 Å². The Hall–Kier alpha value is -2.11. The van der Waals surface area contributed by atoms with Gasteiger partial charge in [-0.2, -0.15) is 0 Å². The van der Waals surface area contributed by atoms with Crippen molar-refractivity contribution >= 4 is 17.9 Å². The van der Waals surface area contributed by atoms with Gasteiger partial charge in [0.1, 0.15) is 13.2 Å². The number of carbonyl (C=O) groups is 3. The third-order valence-electron chi connectivity index (χ3n) is 17.2. The highest BCUT2D eigenvalue weighted by atomic mass is 16.6. The van der Waals surface area contributed by atoms with Crippen molar-refractivity contribution in [2.24, 2.45) is 0 Å². The average Bonchev–Trinajstić information content (AvgIpc) is 3.47. The van der Waals surface area contributed by atoms with Crippen LogP contribution in [-0.2, 0) is 28.6 Å². The average molecular weight is 1150 g/mol. The van der Waals surface area contributed by atoms with Crippen LogP contribution in [0, 0.1) is 0 Å². The molecule has 0 aliphatic rings. The minimum atomic E-state index is -0.766. The van der Waals surface area contributed by atoms with Crippen molar-refractivity contribution < 1.29 is 28.6 Å². The molecular formula is C76H144O6. The van der Waals surface area contributed by atoms with E-state index in [1.54, 1.807) is 0 Å². The fourth-order valence-electron chi connectivity index (χ4n) is 11.6. The first-order valence-electron chi connectivity index (χ1n) is 37.3. The van der Waals surface area contributed by atoms with Crippen LogP contribution in [0.4, 0.5) is 0 Å². The molecule has 0 fully saturated rings. The number of unbranched alkanes of at least 4 members (excludes halogenated alkanes) is 55. The molecule has 0 spiro atoms. The van der Waals surface area contributed by atoms with Crippen molar-refractivity contribution in [1.29, 1.82) is 0 Å². The number of hydrogen-bond donors (Lipinski definition) is 0. The summed E-state index contributed by atoms with van der Waals surface area (Å²) < 4.78 is 17.0. The minimum absolute atomic E-state index is 0.0630. The van der Waals surface area contributed by atoms with Gasteiger partial charge in [-0.25, -0.2) is 0 Å². The van der Waals surface area contributed by atoms with Crippen LogP contribution in [0.25, 0.3) is 0 Å². The van der Waals surface area contributed by atoms with E-state index in [2.05, 4.69) is 45.1 Å². The molecule has 0 radical (unpaired) electrons. The molecule has 6 nitrogen and oxygen atoms in total. The van der Waals surface area contributed by atoms with Gasteiger partial charge >= 0.3 is 17.9 Å². The Morgan fingerprint density at radius 3 is 0.671 bits per heavy atom. The molecule has 82 heavy (non-hydrogen) atoms. The summed E-state index contributed by atoms with van der Waals surface area (Å²) >= 11 is 0. The van der Waals surface area contributed by atoms with Crippen molar-refractivity contribution in [2.45, 2.75) is 431 Å². The number of carbonyl (C=O) groups excluding carboxylic acids is 3. The molecule has 6 heteroatoms. The quantitative estimate of drug-likeness (QED) is 0.0261. The van der Waals surface area contributed by atoms with Crippen molar-refractivity contribution in [1.82, 2.24) is 0 Å². The van der Waals surface area contributed by atoms with Crippen LogP contribution in [0.3, 0.4) is 0 Å². The summed E-state index contributed by atoms with van der Waals surface area (Å²) in [7, 11) is 0. The predicted molar refractivity (Wildman–Crippen MR) is 358 cm³/mol. The standard InChI is InChI=1S/C76H144O6/c1-4-7-10-13-16-19-22-24-26-28-30-32-34-35-36-37-38-39-40-41-42-44-45-47-49-51-54-57-60-63-66-69-75(78)81-72-73(71-80-74(77)68-65-62-59-56-53-21-18-15-12-9-6-3)82-76(79)70-67-64-61-58-55-52-50-48-46-43-33-31-29-27-25-23-20-17-14-11-8-5-2/h22,24,28,30,73H,4-21,23,25-27,29,31-72H2,1-3H3/b24-22-,30-28-. The van der Waals surface area contributed by atoms with Gasteiger partial charge in [-0.05, 0) is 51.4 Å². The summed E-state index contributed by atoms with van der Waals surface area (Å²) in [6, 6.07) is 0. The molecule has 0 heterocycles. The number of ether oxygens (including phenoxy) is 3. The molecule has 484 valence electrons. The van der Waals surface area contributed by atoms with E-state index in [1.807, 2.05) is 0 Å². The third-order valence-corrected chi connectivity index (χ3v) is 17.2. The third kappa shape index (κ3) is 68.7. The first-order chi connectivity index (χ1) is 40.5. The molecule has 0 saturated carbocycles. The second-order valence-electron chi connectivity index (χ2n) is 25.6. The molecule has 0 saturated heterocycles. The zero-order valence-electron chi connectivity index (χ0n) is 55.8. The van der Waals surface area contributed by atoms with Gasteiger partial charge in [-0.15, -0.1) is 0 Å². The molecule has 0 rings (SSSR count). The lowest BCUT2D eigenvalue weighted by Gasteiger charge is -2.18. The largest absolute Gasteiger partial charge is 0.462 e. The van der Waals surface area contributed by atoms with Gasteiger partial charge in [0.25, 0.3) is 0 Å². The van der Waals surface area contributed by atoms with Crippen molar-refractivity contribution in [3.05, 3.63) is 24.3 Å². The highest BCUT2D eigenvalue weighted by Crippen LogP contribution is 2.19. The molecule has 1 atom stereocenters. The van der Waals surface area contributed by atoms with E-state index < -0.39 is 6.10 Å². The van der Waals surface area contributed by atoms with Crippen molar-refractivity contribution in [2.75, 3.05) is 13.2 Å². The van der Waals surface area contributed by atoms with E-state index in [-0.39, 0.29) is 31.1 Å². The molecule has 0 amide bonds. The first-order valence-corrected chi connectivity index (χ1v) is 37.3. The maximum absolute atomic E-state index is 12.9. The highest BCUT2D eigenvalue weighted by molar-refractivity contribution is 5.71. The summed E-state index contributed by atoms with van der Waals surface area (Å²) in [4.78, 5) is 38.4. The van der Waals surface area contributed by atoms with Gasteiger partial charge in [0.05, 0.1) is 0 Å². The van der Waals surface area contributed by atoms with Crippen LogP contribution in [-0.4, -0.2) is 37.2 Å². The zero-order chi connectivity index (χ0) is 59.2. The second kappa shape index (κ2) is 71.4. The zero-order valence-corrected chi connectivity index (χ0v) is 55.8. The van der Waals surface area contributed by atoms with E-state index in [9.17, 15) is 14.4 Å². The summed E-state index contributed by atoms with van der Waals surface area (Å²) in [6.07, 6.45) is 88.0. The van der Waals surface area contributed by atoms with Crippen molar-refractivity contribution in [3.63, 3.8) is 0 Å². The smallest absolute Gasteiger partial charge is 0.306 e. The molecule has 1 unspecified atom stereocenters. The van der Waals surface area contributed by atoms with Crippen LogP contribution >= 0.6 is 0 Å². The number of allylic oxidation sites excluding steroid dienone is 4. The maximum Gasteiger partial charge on any atom is 0.306 e. The Kier molecular flexibility index (Phi) is 69.5. The van der Waals surface area contributed by atoms with Gasteiger partial charge in [0.2, 0.25) is 0 Å². The second-order valence-corrected chi connectivity index (χ2v) is 25.6. The van der Waals surface area contributed by atoms with Gasteiger partial charge in [0.15, 0.2) is 6.10 Å². The van der Waals surface area contributed by atoms with Crippen LogP contribution in [0.2, 0.25) is 0 Å². The van der Waals surface area contributed by atoms with Crippen LogP contribution in [0.15, 0.2) is 24.3 Å². The lowest BCUT2D eigenvalue weighted by molar-refractivity contribution is -0.167. The molecular weight excluding hydrogens is 1010 g/mol. The molecule has 0 aliphatic carbocycles. The fraction of sp³-hybridized carbons (Fsp3) is 0.908. The highest BCUT2D eigenvalue weighted by Gasteiger charge is 2.20. The number of rotatable bonds is 70. The van der Waals surface area contributed by atoms with Crippen LogP contribution < -0.4 is 0 Å². The van der Waals surface area contributed by atoms with Crippen LogP contribution in [0.1, 0.15) is 425 Å². The topological polar surface area (TPSA) is 78.9 Å². The lowest BCUT2D eigenvalue weighted by atomic mass is 10.0. The maximum atomic E-state index is 12.9. The monoisotopic (exact) mass is 1150 g/mol. The van der Waals surface area contributed by atoms with Gasteiger partial charge in [0, 0.05) is 19.3 Å². The van der Waals surface area contributed by atoms with E-state index in [1.165, 1.54) is 321 Å². The predicted octanol–water partition coefficient (Wildman–Crippen LogP) is 25.7. The SMILES string of the molecule is CCCCCCC/C=C\C/C=C\CCCCCCCCCCCCCCCCCCCCCC(=O)OCC(COC(=O)CCCCCCCCCCCCC)OC(=O)CCCCCCCCCCCCCCCCCCCCCCCC. The Balaban J connectivity index is 4.10. The molecule has 0 aromatic heterocycles. The summed E-state index contributed by atoms with van der Waals surface area (Å²) in [5.74, 6) is -0.828. The Bertz CT molecular complexity index is 1320. The molecule has 0 aliphatic heterocycles. The number of hydrogen-bond acceptors (Lipinski definition) is 6. The molecule has 0 N–H and O–H groups in total. The van der Waals surface area contributed by atoms with E-state index >= 15 is 0 Å². The lowest BCUT2D eigenvalue weighted by Crippen LogP contribution is -2.30.